The Bertz CT molecular complexity index is 764. The van der Waals surface area contributed by atoms with E-state index in [1.54, 1.807) is 12.1 Å². The van der Waals surface area contributed by atoms with Crippen molar-refractivity contribution in [2.75, 3.05) is 0 Å². The van der Waals surface area contributed by atoms with Gasteiger partial charge in [0.25, 0.3) is 0 Å². The van der Waals surface area contributed by atoms with Gasteiger partial charge in [0.15, 0.2) is 0 Å². The van der Waals surface area contributed by atoms with Crippen molar-refractivity contribution in [2.45, 2.75) is 19.3 Å². The van der Waals surface area contributed by atoms with Crippen LogP contribution in [0.5, 0.6) is 0 Å². The molecule has 2 nitrogen and oxygen atoms in total. The quantitative estimate of drug-likeness (QED) is 0.658. The van der Waals surface area contributed by atoms with Crippen molar-refractivity contribution in [3.63, 3.8) is 0 Å². The summed E-state index contributed by atoms with van der Waals surface area (Å²) in [6.45, 7) is 2.46. The Labute approximate surface area is 121 Å². The van der Waals surface area contributed by atoms with Crippen LogP contribution in [0.15, 0.2) is 42.5 Å². The van der Waals surface area contributed by atoms with E-state index in [-0.39, 0.29) is 5.82 Å². The summed E-state index contributed by atoms with van der Waals surface area (Å²) in [5, 5.41) is 0. The average molecular weight is 289 g/mol. The fraction of sp³-hybridized carbons (Fsp3) is 0.188. The standard InChI is InChI=1S/C16H14ClFN2/c1-11-6-7-15-14(8-11)19-16(9-17)20(15)10-12-4-2-3-5-13(12)18/h2-8H,9-10H2,1H3. The second-order valence-corrected chi connectivity index (χ2v) is 5.10. The first-order chi connectivity index (χ1) is 9.69. The Morgan fingerprint density at radius 3 is 2.75 bits per heavy atom. The molecule has 0 bridgehead atoms. The molecule has 3 rings (SSSR count). The van der Waals surface area contributed by atoms with Gasteiger partial charge in [-0.25, -0.2) is 9.37 Å². The van der Waals surface area contributed by atoms with Gasteiger partial charge in [-0.15, -0.1) is 11.6 Å². The summed E-state index contributed by atoms with van der Waals surface area (Å²) in [5.74, 6) is 0.861. The highest BCUT2D eigenvalue weighted by Crippen LogP contribution is 2.21. The van der Waals surface area contributed by atoms with Crippen LogP contribution < -0.4 is 0 Å². The van der Waals surface area contributed by atoms with E-state index in [4.69, 9.17) is 11.6 Å². The Morgan fingerprint density at radius 1 is 1.20 bits per heavy atom. The van der Waals surface area contributed by atoms with Crippen LogP contribution in [0.25, 0.3) is 11.0 Å². The first-order valence-electron chi connectivity index (χ1n) is 6.44. The van der Waals surface area contributed by atoms with E-state index in [1.165, 1.54) is 6.07 Å². The molecular weight excluding hydrogens is 275 g/mol. The van der Waals surface area contributed by atoms with Crippen LogP contribution in [-0.2, 0) is 12.4 Å². The van der Waals surface area contributed by atoms with E-state index in [9.17, 15) is 4.39 Å². The SMILES string of the molecule is Cc1ccc2c(c1)nc(CCl)n2Cc1ccccc1F. The predicted octanol–water partition coefficient (Wildman–Crippen LogP) is 4.27. The monoisotopic (exact) mass is 288 g/mol. The number of hydrogen-bond acceptors (Lipinski definition) is 1. The minimum absolute atomic E-state index is 0.206. The van der Waals surface area contributed by atoms with Crippen molar-refractivity contribution in [3.8, 4) is 0 Å². The predicted molar refractivity (Wildman–Crippen MR) is 79.5 cm³/mol. The first-order valence-corrected chi connectivity index (χ1v) is 6.97. The number of imidazole rings is 1. The fourth-order valence-corrected chi connectivity index (χ4v) is 2.57. The third kappa shape index (κ3) is 2.29. The van der Waals surface area contributed by atoms with Crippen LogP contribution in [0.1, 0.15) is 17.0 Å². The van der Waals surface area contributed by atoms with Crippen molar-refractivity contribution in [3.05, 3.63) is 65.2 Å². The number of fused-ring (bicyclic) bond motifs is 1. The number of alkyl halides is 1. The van der Waals surface area contributed by atoms with E-state index >= 15 is 0 Å². The van der Waals surface area contributed by atoms with Crippen molar-refractivity contribution < 1.29 is 4.39 Å². The Hall–Kier alpha value is -1.87. The van der Waals surface area contributed by atoms with Crippen LogP contribution in [0.3, 0.4) is 0 Å². The number of benzene rings is 2. The highest BCUT2D eigenvalue weighted by Gasteiger charge is 2.12. The van der Waals surface area contributed by atoms with Crippen LogP contribution in [-0.4, -0.2) is 9.55 Å². The number of rotatable bonds is 3. The maximum Gasteiger partial charge on any atom is 0.128 e. The van der Waals surface area contributed by atoms with Gasteiger partial charge >= 0.3 is 0 Å². The zero-order valence-electron chi connectivity index (χ0n) is 11.1. The molecule has 2 aromatic carbocycles. The Morgan fingerprint density at radius 2 is 2.00 bits per heavy atom. The third-order valence-corrected chi connectivity index (χ3v) is 3.63. The minimum atomic E-state index is -0.206. The van der Waals surface area contributed by atoms with Crippen LogP contribution in [0, 0.1) is 12.7 Å². The zero-order valence-corrected chi connectivity index (χ0v) is 11.9. The summed E-state index contributed by atoms with van der Waals surface area (Å²) in [7, 11) is 0. The van der Waals surface area contributed by atoms with Crippen molar-refractivity contribution in [1.29, 1.82) is 0 Å². The molecule has 0 atom stereocenters. The average Bonchev–Trinajstić information content (AvgIpc) is 2.78. The number of halogens is 2. The molecule has 0 aliphatic heterocycles. The second-order valence-electron chi connectivity index (χ2n) is 4.83. The van der Waals surface area contributed by atoms with Gasteiger partial charge in [-0.1, -0.05) is 24.3 Å². The summed E-state index contributed by atoms with van der Waals surface area (Å²) in [4.78, 5) is 4.53. The van der Waals surface area contributed by atoms with E-state index in [2.05, 4.69) is 4.98 Å². The molecule has 4 heteroatoms. The van der Waals surface area contributed by atoms with Crippen molar-refractivity contribution in [2.24, 2.45) is 0 Å². The highest BCUT2D eigenvalue weighted by atomic mass is 35.5. The summed E-state index contributed by atoms with van der Waals surface area (Å²) in [6, 6.07) is 12.8. The molecule has 0 amide bonds. The minimum Gasteiger partial charge on any atom is -0.322 e. The molecule has 0 spiro atoms. The molecule has 0 N–H and O–H groups in total. The largest absolute Gasteiger partial charge is 0.322 e. The lowest BCUT2D eigenvalue weighted by Crippen LogP contribution is -2.05. The molecule has 20 heavy (non-hydrogen) atoms. The first kappa shape index (κ1) is 13.1. The molecule has 1 heterocycles. The molecule has 0 saturated carbocycles. The topological polar surface area (TPSA) is 17.8 Å². The lowest BCUT2D eigenvalue weighted by molar-refractivity contribution is 0.599. The van der Waals surface area contributed by atoms with Gasteiger partial charge in [-0.3, -0.25) is 0 Å². The van der Waals surface area contributed by atoms with E-state index in [0.29, 0.717) is 18.0 Å². The fourth-order valence-electron chi connectivity index (χ4n) is 2.37. The number of hydrogen-bond donors (Lipinski definition) is 0. The zero-order chi connectivity index (χ0) is 14.1. The molecule has 102 valence electrons. The molecule has 0 saturated heterocycles. The van der Waals surface area contributed by atoms with Crippen molar-refractivity contribution in [1.82, 2.24) is 9.55 Å². The second kappa shape index (κ2) is 5.25. The Balaban J connectivity index is 2.12. The molecule has 0 radical (unpaired) electrons. The summed E-state index contributed by atoms with van der Waals surface area (Å²) < 4.78 is 15.8. The lowest BCUT2D eigenvalue weighted by atomic mass is 10.2. The third-order valence-electron chi connectivity index (χ3n) is 3.39. The molecular formula is C16H14ClFN2. The maximum absolute atomic E-state index is 13.8. The van der Waals surface area contributed by atoms with Gasteiger partial charge in [0.2, 0.25) is 0 Å². The van der Waals surface area contributed by atoms with E-state index < -0.39 is 0 Å². The number of aryl methyl sites for hydroxylation is 1. The van der Waals surface area contributed by atoms with Gasteiger partial charge in [0.05, 0.1) is 23.5 Å². The Kier molecular flexibility index (Phi) is 3.45. The van der Waals surface area contributed by atoms with Crippen LogP contribution >= 0.6 is 11.6 Å². The smallest absolute Gasteiger partial charge is 0.128 e. The van der Waals surface area contributed by atoms with Crippen LogP contribution in [0.2, 0.25) is 0 Å². The van der Waals surface area contributed by atoms with Gasteiger partial charge < -0.3 is 4.57 Å². The number of aromatic nitrogens is 2. The summed E-state index contributed by atoms with van der Waals surface area (Å²) >= 11 is 5.97. The van der Waals surface area contributed by atoms with Gasteiger partial charge in [0, 0.05) is 5.56 Å². The molecule has 0 fully saturated rings. The molecule has 0 aliphatic rings. The molecule has 0 aliphatic carbocycles. The van der Waals surface area contributed by atoms with Crippen molar-refractivity contribution >= 4 is 22.6 Å². The van der Waals surface area contributed by atoms with Gasteiger partial charge in [-0.2, -0.15) is 0 Å². The lowest BCUT2D eigenvalue weighted by Gasteiger charge is -2.08. The van der Waals surface area contributed by atoms with Crippen LogP contribution in [0.4, 0.5) is 4.39 Å². The van der Waals surface area contributed by atoms with E-state index in [1.807, 2.05) is 35.8 Å². The van der Waals surface area contributed by atoms with E-state index in [0.717, 1.165) is 22.4 Å². The molecule has 0 unspecified atom stereocenters. The van der Waals surface area contributed by atoms with Gasteiger partial charge in [-0.05, 0) is 30.7 Å². The molecule has 3 aromatic rings. The summed E-state index contributed by atoms with van der Waals surface area (Å²) in [5.41, 5.74) is 3.67. The maximum atomic E-state index is 13.8. The summed E-state index contributed by atoms with van der Waals surface area (Å²) in [6.07, 6.45) is 0. The highest BCUT2D eigenvalue weighted by molar-refractivity contribution is 6.16. The number of nitrogens with zero attached hydrogens (tertiary/aromatic N) is 2. The van der Waals surface area contributed by atoms with Gasteiger partial charge in [0.1, 0.15) is 11.6 Å². The molecule has 1 aromatic heterocycles. The normalized spacial score (nSPS) is 11.2.